The van der Waals surface area contributed by atoms with Crippen LogP contribution in [0.25, 0.3) is 6.08 Å². The molecule has 3 aliphatic rings. The molecule has 0 saturated carbocycles. The molecule has 0 nitrogen and oxygen atoms in total. The van der Waals surface area contributed by atoms with E-state index in [1.807, 2.05) is 0 Å². The maximum atomic E-state index is 2.70. The first-order valence-electron chi connectivity index (χ1n) is 16.1. The van der Waals surface area contributed by atoms with E-state index in [0.29, 0.717) is 0 Å². The first-order chi connectivity index (χ1) is 19.9. The maximum absolute atomic E-state index is 6.73. The van der Waals surface area contributed by atoms with Crippen LogP contribution in [-0.4, -0.2) is 6.94 Å². The minimum atomic E-state index is -6.73. The summed E-state index contributed by atoms with van der Waals surface area (Å²) in [5.74, 6) is 0. The van der Waals surface area contributed by atoms with Gasteiger partial charge in [0.25, 0.3) is 0 Å². The number of unbranched alkanes of at least 4 members (excludes halogenated alkanes) is 2. The molecule has 0 bridgehead atoms. The average Bonchev–Trinajstić information content (AvgIpc) is 3.85. The second kappa shape index (κ2) is 8.51. The van der Waals surface area contributed by atoms with Crippen LogP contribution in [0.4, 0.5) is 0 Å². The summed E-state index contributed by atoms with van der Waals surface area (Å²) in [6.07, 6.45) is 26.9. The topological polar surface area (TPSA) is 0 Å². The average molecular weight is 722 g/mol. The zero-order chi connectivity index (χ0) is 28.6. The van der Waals surface area contributed by atoms with Gasteiger partial charge in [-0.2, -0.15) is 0 Å². The number of hydrogen-bond donors (Lipinski definition) is 0. The van der Waals surface area contributed by atoms with E-state index in [4.69, 9.17) is 0 Å². The summed E-state index contributed by atoms with van der Waals surface area (Å²) < 4.78 is 9.28. The van der Waals surface area contributed by atoms with Crippen LogP contribution in [0.15, 0.2) is 134 Å². The van der Waals surface area contributed by atoms with E-state index in [1.54, 1.807) is 13.3 Å². The predicted octanol–water partition coefficient (Wildman–Crippen LogP) is 9.37. The van der Waals surface area contributed by atoms with Crippen LogP contribution in [-0.2, 0) is 12.7 Å². The third kappa shape index (κ3) is 2.56. The third-order valence-electron chi connectivity index (χ3n) is 14.3. The van der Waals surface area contributed by atoms with Gasteiger partial charge in [0.15, 0.2) is 0 Å². The monoisotopic (exact) mass is 723 g/mol. The Kier molecular flexibility index (Phi) is 5.93. The van der Waals surface area contributed by atoms with Crippen molar-refractivity contribution in [3.8, 4) is 0 Å². The van der Waals surface area contributed by atoms with E-state index in [-0.39, 0.29) is 3.67 Å². The molecule has 211 valence electrons. The quantitative estimate of drug-likeness (QED) is 0.173. The van der Waals surface area contributed by atoms with Gasteiger partial charge in [0.1, 0.15) is 0 Å². The number of benzene rings is 3. The molecule has 0 aromatic heterocycles. The van der Waals surface area contributed by atoms with E-state index >= 15 is 0 Å². The van der Waals surface area contributed by atoms with E-state index in [2.05, 4.69) is 154 Å². The van der Waals surface area contributed by atoms with Crippen LogP contribution in [0, 0.1) is 0 Å². The number of rotatable bonds is 11. The molecular weight excluding hydrogens is 675 g/mol. The van der Waals surface area contributed by atoms with Gasteiger partial charge in [-0.15, -0.1) is 0 Å². The van der Waals surface area contributed by atoms with Crippen molar-refractivity contribution in [2.75, 3.05) is 0 Å². The molecule has 2 heteroatoms. The molecule has 0 radical (unpaired) electrons. The number of hydrogen-bond acceptors (Lipinski definition) is 0. The fraction of sp³-hybridized carbons (Fsp3) is 0.282. The summed E-state index contributed by atoms with van der Waals surface area (Å²) in [7, 11) is 0. The zero-order valence-corrected chi connectivity index (χ0v) is 30.1. The molecule has 3 aliphatic carbocycles. The van der Waals surface area contributed by atoms with E-state index in [9.17, 15) is 0 Å². The van der Waals surface area contributed by atoms with Gasteiger partial charge < -0.3 is 0 Å². The Labute approximate surface area is 240 Å². The molecule has 6 rings (SSSR count). The molecule has 1 unspecified atom stereocenters. The van der Waals surface area contributed by atoms with Crippen LogP contribution in [0.5, 0.6) is 0 Å². The molecule has 3 aromatic carbocycles. The number of allylic oxidation sites excluding steroid dienone is 9. The van der Waals surface area contributed by atoms with Crippen molar-refractivity contribution in [2.24, 2.45) is 0 Å². The fourth-order valence-electron chi connectivity index (χ4n) is 12.3. The third-order valence-corrected chi connectivity index (χ3v) is 108. The summed E-state index contributed by atoms with van der Waals surface area (Å²) in [4.78, 5) is 0. The summed E-state index contributed by atoms with van der Waals surface area (Å²) in [5.41, 5.74) is 2.92. The Bertz CT molecular complexity index is 1740. The molecule has 0 aliphatic heterocycles. The van der Waals surface area contributed by atoms with E-state index < -0.39 is 12.7 Å². The Morgan fingerprint density at radius 1 is 0.659 bits per heavy atom. The second-order valence-corrected chi connectivity index (χ2v) is 87.1. The molecule has 0 N–H and O–H groups in total. The summed E-state index contributed by atoms with van der Waals surface area (Å²) in [6, 6.07) is 33.6. The van der Waals surface area contributed by atoms with Crippen LogP contribution >= 0.6 is 0 Å². The van der Waals surface area contributed by atoms with Crippen LogP contribution in [0.3, 0.4) is 0 Å². The van der Waals surface area contributed by atoms with Gasteiger partial charge in [-0.25, -0.2) is 0 Å². The first-order valence-corrected chi connectivity index (χ1v) is 38.8. The molecule has 41 heavy (non-hydrogen) atoms. The molecule has 3 aromatic rings. The van der Waals surface area contributed by atoms with Gasteiger partial charge >= 0.3 is 242 Å². The second-order valence-electron chi connectivity index (χ2n) is 14.9. The van der Waals surface area contributed by atoms with Crippen molar-refractivity contribution >= 4 is 19.7 Å². The van der Waals surface area contributed by atoms with Crippen molar-refractivity contribution in [2.45, 2.75) is 64.4 Å². The van der Waals surface area contributed by atoms with Gasteiger partial charge in [0.05, 0.1) is 0 Å². The summed E-state index contributed by atoms with van der Waals surface area (Å²) in [6.45, 7) is 7.42. The van der Waals surface area contributed by atoms with Crippen molar-refractivity contribution in [3.05, 3.63) is 145 Å². The Morgan fingerprint density at radius 2 is 1.15 bits per heavy atom. The number of fused-ring (bicyclic) bond motifs is 1. The molecule has 1 atom stereocenters. The summed E-state index contributed by atoms with van der Waals surface area (Å²) >= 11 is -6.73. The zero-order valence-electron chi connectivity index (χ0n) is 25.1. The molecule has 0 amide bonds. The molecule has 0 fully saturated rings. The molecule has 0 saturated heterocycles. The van der Waals surface area contributed by atoms with E-state index in [0.717, 1.165) is 12.8 Å². The molecule has 0 heterocycles. The Hall–Kier alpha value is -2.55. The first kappa shape index (κ1) is 28.6. The Morgan fingerprint density at radius 3 is 1.61 bits per heavy atom. The van der Waals surface area contributed by atoms with Crippen LogP contribution < -0.4 is 6.64 Å². The van der Waals surface area contributed by atoms with E-state index in [1.165, 1.54) is 45.2 Å². The standard InChI is InChI=1S/C9H7.2C6H5.2C5H5.2C4H9.Hf.H2Si/c1-2-5-9-7-3-6-8(9)4-1;2*1-2-4-6-5-3-1;2*1-2-4-5-3-1;2*1-3-4-2;;/h1-7H;2*1-5H;2*1-3H,4H2;2*1,3-4H2,2H3;;1H2. The Balaban J connectivity index is 2.14. The SMILES string of the molecule is CCC[CH2][Hf](=[SiH2])([CH2]CCC)([C]1=CC=CC1)([C]1=CC=CC1)([c]1ccccc1)([c]1ccccc1)[CH]1C=Cc2ccccc21. The van der Waals surface area contributed by atoms with Crippen LogP contribution in [0.1, 0.15) is 67.2 Å². The molecular formula is C39H47HfSi. The van der Waals surface area contributed by atoms with Gasteiger partial charge in [-0.1, -0.05) is 0 Å². The fourth-order valence-corrected chi connectivity index (χ4v) is 98.4. The van der Waals surface area contributed by atoms with Gasteiger partial charge in [0.2, 0.25) is 0 Å². The van der Waals surface area contributed by atoms with Crippen molar-refractivity contribution < 1.29 is 12.7 Å². The molecule has 0 spiro atoms. The van der Waals surface area contributed by atoms with Gasteiger partial charge in [0, 0.05) is 0 Å². The van der Waals surface area contributed by atoms with Crippen molar-refractivity contribution in [1.82, 2.24) is 0 Å². The predicted molar refractivity (Wildman–Crippen MR) is 182 cm³/mol. The van der Waals surface area contributed by atoms with Gasteiger partial charge in [-0.3, -0.25) is 0 Å². The van der Waals surface area contributed by atoms with Crippen molar-refractivity contribution in [3.63, 3.8) is 0 Å². The van der Waals surface area contributed by atoms with Gasteiger partial charge in [-0.05, 0) is 0 Å². The van der Waals surface area contributed by atoms with Crippen molar-refractivity contribution in [1.29, 1.82) is 0 Å². The minimum absolute atomic E-state index is 0.237. The normalized spacial score (nSPS) is 21.4. The van der Waals surface area contributed by atoms with Crippen LogP contribution in [0.2, 0.25) is 8.35 Å². The summed E-state index contributed by atoms with van der Waals surface area (Å²) in [5, 5.41) is 0.